The maximum Gasteiger partial charge on any atom is 0.227 e. The highest BCUT2D eigenvalue weighted by Crippen LogP contribution is 2.36. The molecular weight excluding hydrogens is 382 g/mol. The van der Waals surface area contributed by atoms with Gasteiger partial charge in [0, 0.05) is 42.7 Å². The summed E-state index contributed by atoms with van der Waals surface area (Å²) in [5.74, 6) is 0.608. The van der Waals surface area contributed by atoms with E-state index >= 15 is 0 Å². The van der Waals surface area contributed by atoms with Crippen LogP contribution in [0.4, 0.5) is 5.69 Å². The zero-order valence-electron chi connectivity index (χ0n) is 17.1. The Morgan fingerprint density at radius 1 is 1.20 bits per heavy atom. The maximum absolute atomic E-state index is 12.7. The van der Waals surface area contributed by atoms with Crippen LogP contribution in [0.25, 0.3) is 10.9 Å². The quantitative estimate of drug-likeness (QED) is 0.631. The van der Waals surface area contributed by atoms with Gasteiger partial charge < -0.3 is 24.7 Å². The van der Waals surface area contributed by atoms with Crippen molar-refractivity contribution < 1.29 is 19.1 Å². The smallest absolute Gasteiger partial charge is 0.227 e. The van der Waals surface area contributed by atoms with Crippen molar-refractivity contribution >= 4 is 28.4 Å². The number of para-hydroxylation sites is 1. The number of methoxy groups -OCH3 is 2. The van der Waals surface area contributed by atoms with E-state index in [1.807, 2.05) is 24.4 Å². The van der Waals surface area contributed by atoms with Crippen molar-refractivity contribution in [1.82, 2.24) is 10.3 Å². The van der Waals surface area contributed by atoms with Gasteiger partial charge in [-0.2, -0.15) is 0 Å². The van der Waals surface area contributed by atoms with Gasteiger partial charge in [0.05, 0.1) is 25.8 Å². The molecule has 7 heteroatoms. The molecule has 1 aliphatic rings. The number of carbonyl (C=O) groups excluding carboxylic acids is 2. The van der Waals surface area contributed by atoms with Gasteiger partial charge in [0.25, 0.3) is 0 Å². The van der Waals surface area contributed by atoms with Gasteiger partial charge in [0.1, 0.15) is 11.5 Å². The molecule has 2 aromatic carbocycles. The number of fused-ring (bicyclic) bond motifs is 1. The first-order chi connectivity index (χ1) is 14.6. The molecule has 1 aromatic heterocycles. The Morgan fingerprint density at radius 2 is 2.03 bits per heavy atom. The van der Waals surface area contributed by atoms with Gasteiger partial charge in [-0.15, -0.1) is 0 Å². The number of anilines is 1. The van der Waals surface area contributed by atoms with Gasteiger partial charge in [0.15, 0.2) is 0 Å². The highest BCUT2D eigenvalue weighted by Gasteiger charge is 2.36. The molecule has 2 amide bonds. The monoisotopic (exact) mass is 407 g/mol. The van der Waals surface area contributed by atoms with Crippen LogP contribution in [-0.2, 0) is 16.0 Å². The molecule has 3 aromatic rings. The molecule has 2 N–H and O–H groups in total. The van der Waals surface area contributed by atoms with Crippen molar-refractivity contribution in [2.24, 2.45) is 5.92 Å². The number of aromatic nitrogens is 1. The van der Waals surface area contributed by atoms with E-state index in [1.54, 1.807) is 37.3 Å². The van der Waals surface area contributed by atoms with Crippen molar-refractivity contribution in [3.8, 4) is 11.5 Å². The zero-order valence-corrected chi connectivity index (χ0v) is 17.1. The van der Waals surface area contributed by atoms with Crippen molar-refractivity contribution in [2.45, 2.75) is 12.8 Å². The Kier molecular flexibility index (Phi) is 5.61. The summed E-state index contributed by atoms with van der Waals surface area (Å²) < 4.78 is 10.7. The fourth-order valence-corrected chi connectivity index (χ4v) is 3.93. The van der Waals surface area contributed by atoms with Gasteiger partial charge in [0.2, 0.25) is 11.8 Å². The SMILES string of the molecule is COc1ccc(OC)c(N2CC(C(=O)NCCc3c[nH]c4ccccc34)CC2=O)c1. The largest absolute Gasteiger partial charge is 0.497 e. The number of hydrogen-bond donors (Lipinski definition) is 2. The van der Waals surface area contributed by atoms with E-state index in [1.165, 1.54) is 5.39 Å². The second kappa shape index (κ2) is 8.49. The van der Waals surface area contributed by atoms with Gasteiger partial charge in [-0.1, -0.05) is 18.2 Å². The number of amides is 2. The summed E-state index contributed by atoms with van der Waals surface area (Å²) in [4.78, 5) is 30.1. The van der Waals surface area contributed by atoms with Gasteiger partial charge in [-0.3, -0.25) is 9.59 Å². The lowest BCUT2D eigenvalue weighted by molar-refractivity contribution is -0.126. The van der Waals surface area contributed by atoms with E-state index in [9.17, 15) is 9.59 Å². The minimum absolute atomic E-state index is 0.0988. The van der Waals surface area contributed by atoms with Crippen molar-refractivity contribution in [3.05, 3.63) is 54.2 Å². The lowest BCUT2D eigenvalue weighted by atomic mass is 10.1. The standard InChI is InChI=1S/C23H25N3O4/c1-29-17-7-8-21(30-2)20(12-17)26-14-16(11-22(26)27)23(28)24-10-9-15-13-25-19-6-4-3-5-18(15)19/h3-8,12-13,16,25H,9-11,14H2,1-2H3,(H,24,28). The summed E-state index contributed by atoms with van der Waals surface area (Å²) in [5, 5.41) is 4.15. The Morgan fingerprint density at radius 3 is 2.83 bits per heavy atom. The Labute approximate surface area is 175 Å². The molecule has 1 aliphatic heterocycles. The van der Waals surface area contributed by atoms with E-state index in [0.29, 0.717) is 30.3 Å². The van der Waals surface area contributed by atoms with E-state index < -0.39 is 5.92 Å². The number of rotatable bonds is 7. The molecular formula is C23H25N3O4. The highest BCUT2D eigenvalue weighted by atomic mass is 16.5. The number of H-pyrrole nitrogens is 1. The van der Waals surface area contributed by atoms with Crippen LogP contribution >= 0.6 is 0 Å². The second-order valence-electron chi connectivity index (χ2n) is 7.34. The second-order valence-corrected chi connectivity index (χ2v) is 7.34. The Balaban J connectivity index is 1.38. The molecule has 2 heterocycles. The number of nitrogens with zero attached hydrogens (tertiary/aromatic N) is 1. The normalized spacial score (nSPS) is 16.1. The first-order valence-corrected chi connectivity index (χ1v) is 9.96. The predicted molar refractivity (Wildman–Crippen MR) is 115 cm³/mol. The third-order valence-corrected chi connectivity index (χ3v) is 5.54. The Bertz CT molecular complexity index is 1080. The molecule has 7 nitrogen and oxygen atoms in total. The van der Waals surface area contributed by atoms with Crippen molar-refractivity contribution in [1.29, 1.82) is 0 Å². The minimum Gasteiger partial charge on any atom is -0.497 e. The Hall–Kier alpha value is -3.48. The number of nitrogens with one attached hydrogen (secondary N) is 2. The third-order valence-electron chi connectivity index (χ3n) is 5.54. The van der Waals surface area contributed by atoms with Crippen LogP contribution in [0.2, 0.25) is 0 Å². The fourth-order valence-electron chi connectivity index (χ4n) is 3.93. The zero-order chi connectivity index (χ0) is 21.1. The molecule has 1 unspecified atom stereocenters. The van der Waals surface area contributed by atoms with Gasteiger partial charge in [-0.25, -0.2) is 0 Å². The van der Waals surface area contributed by atoms with Crippen molar-refractivity contribution in [3.63, 3.8) is 0 Å². The summed E-state index contributed by atoms with van der Waals surface area (Å²) in [7, 11) is 3.13. The molecule has 156 valence electrons. The molecule has 0 aliphatic carbocycles. The highest BCUT2D eigenvalue weighted by molar-refractivity contribution is 6.01. The van der Waals surface area contributed by atoms with E-state index in [2.05, 4.69) is 16.4 Å². The molecule has 1 fully saturated rings. The minimum atomic E-state index is -0.392. The topological polar surface area (TPSA) is 83.7 Å². The van der Waals surface area contributed by atoms with Crippen LogP contribution in [0.5, 0.6) is 11.5 Å². The van der Waals surface area contributed by atoms with Crippen LogP contribution in [0, 0.1) is 5.92 Å². The molecule has 30 heavy (non-hydrogen) atoms. The van der Waals surface area contributed by atoms with Crippen molar-refractivity contribution in [2.75, 3.05) is 32.2 Å². The van der Waals surface area contributed by atoms with Crippen LogP contribution in [-0.4, -0.2) is 44.1 Å². The average Bonchev–Trinajstić information content (AvgIpc) is 3.37. The van der Waals surface area contributed by atoms with Crippen LogP contribution in [0.3, 0.4) is 0 Å². The average molecular weight is 407 g/mol. The van der Waals surface area contributed by atoms with Crippen LogP contribution < -0.4 is 19.7 Å². The summed E-state index contributed by atoms with van der Waals surface area (Å²) >= 11 is 0. The molecule has 4 rings (SSSR count). The van der Waals surface area contributed by atoms with E-state index in [4.69, 9.17) is 9.47 Å². The number of carbonyl (C=O) groups is 2. The first-order valence-electron chi connectivity index (χ1n) is 9.96. The van der Waals surface area contributed by atoms with Gasteiger partial charge >= 0.3 is 0 Å². The first kappa shape index (κ1) is 19.8. The molecule has 0 spiro atoms. The predicted octanol–water partition coefficient (Wildman–Crippen LogP) is 2.90. The lowest BCUT2D eigenvalue weighted by Crippen LogP contribution is -2.34. The van der Waals surface area contributed by atoms with Gasteiger partial charge in [-0.05, 0) is 30.2 Å². The molecule has 0 saturated carbocycles. The van der Waals surface area contributed by atoms with Crippen LogP contribution in [0.1, 0.15) is 12.0 Å². The maximum atomic E-state index is 12.7. The van der Waals surface area contributed by atoms with E-state index in [0.717, 1.165) is 17.5 Å². The molecule has 1 atom stereocenters. The number of ether oxygens (including phenoxy) is 2. The van der Waals surface area contributed by atoms with Crippen LogP contribution in [0.15, 0.2) is 48.7 Å². The fraction of sp³-hybridized carbons (Fsp3) is 0.304. The molecule has 0 bridgehead atoms. The number of aromatic amines is 1. The lowest BCUT2D eigenvalue weighted by Gasteiger charge is -2.20. The summed E-state index contributed by atoms with van der Waals surface area (Å²) in [6.07, 6.45) is 2.88. The number of hydrogen-bond acceptors (Lipinski definition) is 4. The van der Waals surface area contributed by atoms with E-state index in [-0.39, 0.29) is 18.2 Å². The number of benzene rings is 2. The summed E-state index contributed by atoms with van der Waals surface area (Å²) in [6.45, 7) is 0.842. The summed E-state index contributed by atoms with van der Waals surface area (Å²) in [5.41, 5.74) is 2.87. The third kappa shape index (κ3) is 3.83. The summed E-state index contributed by atoms with van der Waals surface area (Å²) in [6, 6.07) is 13.4. The molecule has 1 saturated heterocycles. The molecule has 0 radical (unpaired) electrons.